The predicted octanol–water partition coefficient (Wildman–Crippen LogP) is 13.3. The summed E-state index contributed by atoms with van der Waals surface area (Å²) in [5, 5.41) is 0. The van der Waals surface area contributed by atoms with Gasteiger partial charge in [-0.2, -0.15) is 0 Å². The third-order valence-electron chi connectivity index (χ3n) is 8.23. The average molecular weight is 607 g/mol. The van der Waals surface area contributed by atoms with Crippen LogP contribution in [0.4, 0.5) is 0 Å². The zero-order valence-corrected chi connectivity index (χ0v) is 28.6. The summed E-state index contributed by atoms with van der Waals surface area (Å²) >= 11 is 1.85. The number of rotatable bonds is 28. The van der Waals surface area contributed by atoms with E-state index in [1.807, 2.05) is 54.2 Å². The van der Waals surface area contributed by atoms with Gasteiger partial charge in [0.2, 0.25) is 0 Å². The van der Waals surface area contributed by atoms with Gasteiger partial charge >= 0.3 is 0 Å². The van der Waals surface area contributed by atoms with E-state index in [1.165, 1.54) is 133 Å². The van der Waals surface area contributed by atoms with Gasteiger partial charge in [-0.1, -0.05) is 154 Å². The van der Waals surface area contributed by atoms with E-state index in [1.54, 1.807) is 6.08 Å². The molecule has 0 fully saturated rings. The Bertz CT molecular complexity index is 947. The fourth-order valence-corrected chi connectivity index (χ4v) is 6.36. The maximum absolute atomic E-state index is 12.5. The number of carbonyl (C=O) groups is 1. The van der Waals surface area contributed by atoms with E-state index in [0.717, 1.165) is 35.7 Å². The lowest BCUT2D eigenvalue weighted by Crippen LogP contribution is -1.97. The smallest absolute Gasteiger partial charge is 0.185 e. The van der Waals surface area contributed by atoms with Gasteiger partial charge < -0.3 is 4.74 Å². The molecule has 0 aliphatic heterocycles. The van der Waals surface area contributed by atoms with Gasteiger partial charge in [-0.15, -0.1) is 11.8 Å². The number of hydrogen-bond acceptors (Lipinski definition) is 3. The van der Waals surface area contributed by atoms with Crippen molar-refractivity contribution >= 4 is 23.6 Å². The topological polar surface area (TPSA) is 26.3 Å². The standard InChI is InChI=1S/C40H62O2S/c1-3-5-7-8-9-10-11-12-13-14-15-16-17-18-19-20-21-22-23-34-42-38-29-24-36(25-30-38)26-33-40(41)37-27-31-39(32-28-37)43-35-6-4-2/h24-33H,3-23,34-35H2,1-2H3. The summed E-state index contributed by atoms with van der Waals surface area (Å²) in [4.78, 5) is 13.8. The molecule has 0 unspecified atom stereocenters. The summed E-state index contributed by atoms with van der Waals surface area (Å²) in [6.45, 7) is 5.28. The van der Waals surface area contributed by atoms with Crippen LogP contribution in [-0.4, -0.2) is 18.1 Å². The Morgan fingerprint density at radius 2 is 1.05 bits per heavy atom. The molecule has 0 radical (unpaired) electrons. The van der Waals surface area contributed by atoms with E-state index in [4.69, 9.17) is 4.74 Å². The van der Waals surface area contributed by atoms with Crippen molar-refractivity contribution < 1.29 is 9.53 Å². The summed E-state index contributed by atoms with van der Waals surface area (Å²) in [6.07, 6.45) is 32.5. The zero-order chi connectivity index (χ0) is 30.6. The van der Waals surface area contributed by atoms with Gasteiger partial charge in [0.15, 0.2) is 5.78 Å². The zero-order valence-electron chi connectivity index (χ0n) is 27.8. The minimum absolute atomic E-state index is 0.0368. The molecule has 0 aromatic heterocycles. The molecule has 0 saturated carbocycles. The van der Waals surface area contributed by atoms with Crippen LogP contribution in [0.15, 0.2) is 59.5 Å². The highest BCUT2D eigenvalue weighted by Crippen LogP contribution is 2.21. The molecule has 0 heterocycles. The van der Waals surface area contributed by atoms with Gasteiger partial charge in [0.1, 0.15) is 5.75 Å². The van der Waals surface area contributed by atoms with Crippen molar-refractivity contribution in [2.24, 2.45) is 0 Å². The monoisotopic (exact) mass is 606 g/mol. The summed E-state index contributed by atoms with van der Waals surface area (Å²) in [5.74, 6) is 2.07. The number of ether oxygens (including phenoxy) is 1. The van der Waals surface area contributed by atoms with Crippen LogP contribution in [-0.2, 0) is 0 Å². The quantitative estimate of drug-likeness (QED) is 0.0417. The van der Waals surface area contributed by atoms with E-state index in [-0.39, 0.29) is 5.78 Å². The molecule has 0 atom stereocenters. The fourth-order valence-electron chi connectivity index (χ4n) is 5.36. The summed E-state index contributed by atoms with van der Waals surface area (Å²) in [7, 11) is 0. The Hall–Kier alpha value is -2.00. The highest BCUT2D eigenvalue weighted by molar-refractivity contribution is 7.99. The number of ketones is 1. The Kier molecular flexibility index (Phi) is 22.8. The molecule has 0 bridgehead atoms. The van der Waals surface area contributed by atoms with Crippen LogP contribution in [0.25, 0.3) is 6.08 Å². The maximum atomic E-state index is 12.5. The van der Waals surface area contributed by atoms with Crippen molar-refractivity contribution in [2.75, 3.05) is 12.4 Å². The van der Waals surface area contributed by atoms with E-state index < -0.39 is 0 Å². The van der Waals surface area contributed by atoms with Gasteiger partial charge in [-0.05, 0) is 66.6 Å². The van der Waals surface area contributed by atoms with Crippen molar-refractivity contribution in [2.45, 2.75) is 154 Å². The molecule has 0 saturated heterocycles. The molecule has 2 nitrogen and oxygen atoms in total. The first-order valence-corrected chi connectivity index (χ1v) is 18.9. The van der Waals surface area contributed by atoms with Crippen LogP contribution in [0, 0.1) is 0 Å². The van der Waals surface area contributed by atoms with Crippen LogP contribution >= 0.6 is 11.8 Å². The Morgan fingerprint density at radius 3 is 1.53 bits per heavy atom. The third-order valence-corrected chi connectivity index (χ3v) is 9.33. The average Bonchev–Trinajstić information content (AvgIpc) is 3.03. The summed E-state index contributed by atoms with van der Waals surface area (Å²) < 4.78 is 5.94. The van der Waals surface area contributed by atoms with Crippen LogP contribution < -0.4 is 4.74 Å². The molecular formula is C40H62O2S. The Labute approximate surface area is 269 Å². The number of carbonyl (C=O) groups excluding carboxylic acids is 1. The van der Waals surface area contributed by atoms with Crippen LogP contribution in [0.2, 0.25) is 0 Å². The minimum Gasteiger partial charge on any atom is -0.494 e. The number of allylic oxidation sites excluding steroid dienone is 1. The van der Waals surface area contributed by atoms with Crippen molar-refractivity contribution in [3.8, 4) is 5.75 Å². The van der Waals surface area contributed by atoms with Gasteiger partial charge in [-0.25, -0.2) is 0 Å². The van der Waals surface area contributed by atoms with Crippen molar-refractivity contribution in [1.29, 1.82) is 0 Å². The minimum atomic E-state index is 0.0368. The number of thioether (sulfide) groups is 1. The second kappa shape index (κ2) is 26.4. The van der Waals surface area contributed by atoms with Crippen molar-refractivity contribution in [3.05, 3.63) is 65.7 Å². The summed E-state index contributed by atoms with van der Waals surface area (Å²) in [6, 6.07) is 16.0. The van der Waals surface area contributed by atoms with E-state index >= 15 is 0 Å². The highest BCUT2D eigenvalue weighted by Gasteiger charge is 2.03. The van der Waals surface area contributed by atoms with E-state index in [2.05, 4.69) is 26.0 Å². The number of hydrogen-bond donors (Lipinski definition) is 0. The molecular weight excluding hydrogens is 545 g/mol. The Morgan fingerprint density at radius 1 is 0.581 bits per heavy atom. The van der Waals surface area contributed by atoms with Crippen LogP contribution in [0.3, 0.4) is 0 Å². The molecule has 0 N–H and O–H groups in total. The highest BCUT2D eigenvalue weighted by atomic mass is 32.2. The van der Waals surface area contributed by atoms with Gasteiger partial charge in [0.05, 0.1) is 6.61 Å². The summed E-state index contributed by atoms with van der Waals surface area (Å²) in [5.41, 5.74) is 1.74. The third kappa shape index (κ3) is 19.8. The fraction of sp³-hybridized carbons (Fsp3) is 0.625. The van der Waals surface area contributed by atoms with Crippen molar-refractivity contribution in [1.82, 2.24) is 0 Å². The number of unbranched alkanes of at least 4 members (excludes halogenated alkanes) is 19. The molecule has 3 heteroatoms. The largest absolute Gasteiger partial charge is 0.494 e. The molecule has 2 aromatic carbocycles. The molecule has 2 aromatic rings. The molecule has 0 amide bonds. The van der Waals surface area contributed by atoms with E-state index in [9.17, 15) is 4.79 Å². The maximum Gasteiger partial charge on any atom is 0.185 e. The lowest BCUT2D eigenvalue weighted by atomic mass is 10.0. The van der Waals surface area contributed by atoms with Gasteiger partial charge in [-0.3, -0.25) is 4.79 Å². The molecule has 2 rings (SSSR count). The normalized spacial score (nSPS) is 11.4. The van der Waals surface area contributed by atoms with Gasteiger partial charge in [0, 0.05) is 10.5 Å². The van der Waals surface area contributed by atoms with Gasteiger partial charge in [0.25, 0.3) is 0 Å². The first-order valence-electron chi connectivity index (χ1n) is 17.9. The molecule has 240 valence electrons. The first kappa shape index (κ1) is 37.2. The second-order valence-corrected chi connectivity index (χ2v) is 13.4. The van der Waals surface area contributed by atoms with Crippen LogP contribution in [0.5, 0.6) is 5.75 Å². The van der Waals surface area contributed by atoms with Crippen LogP contribution in [0.1, 0.15) is 165 Å². The second-order valence-electron chi connectivity index (χ2n) is 12.2. The molecule has 0 spiro atoms. The molecule has 43 heavy (non-hydrogen) atoms. The lowest BCUT2D eigenvalue weighted by molar-refractivity contribution is 0.104. The molecule has 0 aliphatic carbocycles. The SMILES string of the molecule is CCCCCCCCCCCCCCCCCCCCCOc1ccc(C=CC(=O)c2ccc(SCCCC)cc2)cc1. The lowest BCUT2D eigenvalue weighted by Gasteiger charge is -2.07. The Balaban J connectivity index is 1.41. The van der Waals surface area contributed by atoms with Crippen molar-refractivity contribution in [3.63, 3.8) is 0 Å². The van der Waals surface area contributed by atoms with E-state index in [0.29, 0.717) is 0 Å². The predicted molar refractivity (Wildman–Crippen MR) is 191 cm³/mol. The number of benzene rings is 2. The first-order chi connectivity index (χ1) is 21.2. The molecule has 0 aliphatic rings.